The molecule has 4 rings (SSSR count). The molecule has 0 aliphatic carbocycles. The molecule has 3 aromatic rings. The number of thioether (sulfide) groups is 1. The Labute approximate surface area is 207 Å². The Hall–Kier alpha value is -2.15. The lowest BCUT2D eigenvalue weighted by molar-refractivity contribution is -0.242. The van der Waals surface area contributed by atoms with Gasteiger partial charge in [-0.3, -0.25) is 0 Å². The summed E-state index contributed by atoms with van der Waals surface area (Å²) < 4.78 is 26.0. The van der Waals surface area contributed by atoms with Crippen LogP contribution in [0.25, 0.3) is 0 Å². The molecule has 0 radical (unpaired) electrons. The minimum Gasteiger partial charge on any atom is -0.368 e. The zero-order chi connectivity index (χ0) is 23.6. The van der Waals surface area contributed by atoms with E-state index < -0.39 is 0 Å². The molecule has 1 aliphatic heterocycles. The van der Waals surface area contributed by atoms with Gasteiger partial charge in [0.2, 0.25) is 0 Å². The molecule has 3 aromatic carbocycles. The molecule has 0 aromatic heterocycles. The molecule has 0 bridgehead atoms. The van der Waals surface area contributed by atoms with Crippen LogP contribution in [-0.4, -0.2) is 35.6 Å². The summed E-state index contributed by atoms with van der Waals surface area (Å²) in [7, 11) is 0. The number of hydrogen-bond acceptors (Lipinski definition) is 5. The van der Waals surface area contributed by atoms with E-state index >= 15 is 0 Å². The summed E-state index contributed by atoms with van der Waals surface area (Å²) in [4.78, 5) is 0. The molecule has 1 heterocycles. The van der Waals surface area contributed by atoms with Crippen molar-refractivity contribution < 1.29 is 18.9 Å². The summed E-state index contributed by atoms with van der Waals surface area (Å²) in [6.07, 6.45) is -0.894. The topological polar surface area (TPSA) is 36.9 Å². The lowest BCUT2D eigenvalue weighted by Crippen LogP contribution is -2.58. The van der Waals surface area contributed by atoms with Crippen molar-refractivity contribution in [1.29, 1.82) is 0 Å². The second kappa shape index (κ2) is 13.1. The second-order valence-electron chi connectivity index (χ2n) is 8.45. The lowest BCUT2D eigenvalue weighted by atomic mass is 9.99. The van der Waals surface area contributed by atoms with Gasteiger partial charge in [-0.1, -0.05) is 97.9 Å². The van der Waals surface area contributed by atoms with Crippen molar-refractivity contribution in [3.8, 4) is 0 Å². The monoisotopic (exact) mass is 478 g/mol. The molecule has 180 valence electrons. The average Bonchev–Trinajstić information content (AvgIpc) is 2.88. The van der Waals surface area contributed by atoms with Gasteiger partial charge >= 0.3 is 0 Å². The molecule has 3 unspecified atom stereocenters. The van der Waals surface area contributed by atoms with Gasteiger partial charge in [-0.25, -0.2) is 0 Å². The van der Waals surface area contributed by atoms with E-state index in [-0.39, 0.29) is 29.9 Å². The van der Waals surface area contributed by atoms with Crippen LogP contribution in [0.5, 0.6) is 0 Å². The highest BCUT2D eigenvalue weighted by Crippen LogP contribution is 2.34. The van der Waals surface area contributed by atoms with E-state index in [1.165, 1.54) is 0 Å². The standard InChI is InChI=1S/C29H34O4S/c1-3-34-29-28(32-21-25-17-11-6-12-18-25)27(31-20-24-15-9-5-10-16-24)26(22(2)33-29)30-19-23-13-7-4-8-14-23/h4-18,22,26-29H,3,19-21H2,1-2H3/t22?,26-,27?,28?,29-/m1/s1. The van der Waals surface area contributed by atoms with Crippen molar-refractivity contribution in [2.24, 2.45) is 0 Å². The summed E-state index contributed by atoms with van der Waals surface area (Å²) in [5.74, 6) is 0.934. The maximum absolute atomic E-state index is 6.57. The maximum atomic E-state index is 6.57. The van der Waals surface area contributed by atoms with E-state index in [1.807, 2.05) is 54.6 Å². The van der Waals surface area contributed by atoms with Crippen molar-refractivity contribution in [2.45, 2.75) is 63.5 Å². The van der Waals surface area contributed by atoms with Crippen LogP contribution in [-0.2, 0) is 38.8 Å². The third-order valence-corrected chi connectivity index (χ3v) is 6.96. The summed E-state index contributed by atoms with van der Waals surface area (Å²) >= 11 is 1.76. The highest BCUT2D eigenvalue weighted by atomic mass is 32.2. The lowest BCUT2D eigenvalue weighted by Gasteiger charge is -2.45. The molecular formula is C29H34O4S. The number of ether oxygens (including phenoxy) is 4. The average molecular weight is 479 g/mol. The quantitative estimate of drug-likeness (QED) is 0.326. The Kier molecular flexibility index (Phi) is 9.60. The molecule has 1 aliphatic rings. The summed E-state index contributed by atoms with van der Waals surface area (Å²) in [5, 5.41) is 0. The fourth-order valence-electron chi connectivity index (χ4n) is 4.17. The third-order valence-electron chi connectivity index (χ3n) is 5.91. The second-order valence-corrected chi connectivity index (χ2v) is 9.82. The van der Waals surface area contributed by atoms with Gasteiger partial charge in [-0.2, -0.15) is 0 Å². The Balaban J connectivity index is 1.55. The van der Waals surface area contributed by atoms with Crippen molar-refractivity contribution in [3.63, 3.8) is 0 Å². The zero-order valence-electron chi connectivity index (χ0n) is 19.9. The van der Waals surface area contributed by atoms with E-state index in [0.717, 1.165) is 22.4 Å². The van der Waals surface area contributed by atoms with E-state index in [2.05, 4.69) is 50.2 Å². The predicted octanol–water partition coefficient (Wildman–Crippen LogP) is 6.24. The van der Waals surface area contributed by atoms with Crippen molar-refractivity contribution in [3.05, 3.63) is 108 Å². The molecular weight excluding hydrogens is 444 g/mol. The molecule has 34 heavy (non-hydrogen) atoms. The van der Waals surface area contributed by atoms with Crippen LogP contribution >= 0.6 is 11.8 Å². The zero-order valence-corrected chi connectivity index (χ0v) is 20.7. The Morgan fingerprint density at radius 1 is 0.618 bits per heavy atom. The first-order valence-electron chi connectivity index (χ1n) is 12.0. The van der Waals surface area contributed by atoms with Gasteiger partial charge in [0.05, 0.1) is 25.9 Å². The van der Waals surface area contributed by atoms with Crippen LogP contribution in [0.15, 0.2) is 91.0 Å². The van der Waals surface area contributed by atoms with Gasteiger partial charge in [0, 0.05) is 0 Å². The molecule has 1 saturated heterocycles. The Morgan fingerprint density at radius 2 is 1.03 bits per heavy atom. The first-order valence-corrected chi connectivity index (χ1v) is 13.0. The molecule has 0 saturated carbocycles. The van der Waals surface area contributed by atoms with Crippen LogP contribution in [0.4, 0.5) is 0 Å². The van der Waals surface area contributed by atoms with Crippen molar-refractivity contribution in [2.75, 3.05) is 5.75 Å². The maximum Gasteiger partial charge on any atom is 0.132 e. The van der Waals surface area contributed by atoms with E-state index in [9.17, 15) is 0 Å². The largest absolute Gasteiger partial charge is 0.368 e. The first kappa shape index (κ1) is 25.0. The summed E-state index contributed by atoms with van der Waals surface area (Å²) in [6, 6.07) is 30.7. The number of benzene rings is 3. The highest BCUT2D eigenvalue weighted by Gasteiger charge is 2.46. The van der Waals surface area contributed by atoms with E-state index in [0.29, 0.717) is 19.8 Å². The van der Waals surface area contributed by atoms with Gasteiger partial charge in [0.15, 0.2) is 0 Å². The van der Waals surface area contributed by atoms with Crippen LogP contribution in [0.2, 0.25) is 0 Å². The molecule has 0 spiro atoms. The predicted molar refractivity (Wildman–Crippen MR) is 138 cm³/mol. The molecule has 1 fully saturated rings. The smallest absolute Gasteiger partial charge is 0.132 e. The number of rotatable bonds is 11. The van der Waals surface area contributed by atoms with E-state index in [4.69, 9.17) is 18.9 Å². The fourth-order valence-corrected chi connectivity index (χ4v) is 5.17. The summed E-state index contributed by atoms with van der Waals surface area (Å²) in [5.41, 5.74) is 3.26. The van der Waals surface area contributed by atoms with Gasteiger partial charge in [-0.15, -0.1) is 11.8 Å². The SMILES string of the molecule is CCS[C@H]1OC(C)[C@@H](OCc2ccccc2)C(OCc2ccccc2)C1OCc1ccccc1. The third kappa shape index (κ3) is 6.94. The Morgan fingerprint density at radius 3 is 1.47 bits per heavy atom. The molecule has 0 amide bonds. The van der Waals surface area contributed by atoms with E-state index in [1.54, 1.807) is 11.8 Å². The minimum absolute atomic E-state index is 0.120. The van der Waals surface area contributed by atoms with Gasteiger partial charge in [-0.05, 0) is 29.4 Å². The summed E-state index contributed by atoms with van der Waals surface area (Å²) in [6.45, 7) is 5.72. The molecule has 5 heteroatoms. The van der Waals surface area contributed by atoms with Gasteiger partial charge in [0.1, 0.15) is 23.7 Å². The van der Waals surface area contributed by atoms with Crippen LogP contribution in [0.3, 0.4) is 0 Å². The fraction of sp³-hybridized carbons (Fsp3) is 0.379. The number of hydrogen-bond donors (Lipinski definition) is 0. The minimum atomic E-state index is -0.263. The molecule has 0 N–H and O–H groups in total. The van der Waals surface area contributed by atoms with Crippen LogP contribution < -0.4 is 0 Å². The van der Waals surface area contributed by atoms with Crippen LogP contribution in [0.1, 0.15) is 30.5 Å². The van der Waals surface area contributed by atoms with Crippen LogP contribution in [0, 0.1) is 0 Å². The van der Waals surface area contributed by atoms with Gasteiger partial charge in [0.25, 0.3) is 0 Å². The van der Waals surface area contributed by atoms with Crippen molar-refractivity contribution in [1.82, 2.24) is 0 Å². The first-order chi connectivity index (χ1) is 16.7. The molecule has 5 atom stereocenters. The molecule has 4 nitrogen and oxygen atoms in total. The Bertz CT molecular complexity index is 954. The normalized spacial score (nSPS) is 24.7. The van der Waals surface area contributed by atoms with Crippen molar-refractivity contribution >= 4 is 11.8 Å². The van der Waals surface area contributed by atoms with Gasteiger partial charge < -0.3 is 18.9 Å². The highest BCUT2D eigenvalue weighted by molar-refractivity contribution is 7.99.